The van der Waals surface area contributed by atoms with Crippen LogP contribution in [0.25, 0.3) is 0 Å². The SMILES string of the molecule is CCC(=O)Nc1cccc(C(=O)N2CCNCC2c2ccccc2OC)c1. The Bertz CT molecular complexity index is 822. The molecule has 1 fully saturated rings. The van der Waals surface area contributed by atoms with Crippen LogP contribution in [0.3, 0.4) is 0 Å². The van der Waals surface area contributed by atoms with E-state index in [0.29, 0.717) is 30.8 Å². The minimum absolute atomic E-state index is 0.0556. The number of nitrogens with zero attached hydrogens (tertiary/aromatic N) is 1. The molecule has 6 heteroatoms. The van der Waals surface area contributed by atoms with Gasteiger partial charge >= 0.3 is 0 Å². The lowest BCUT2D eigenvalue weighted by atomic mass is 10.0. The van der Waals surface area contributed by atoms with Gasteiger partial charge in [-0.25, -0.2) is 0 Å². The fourth-order valence-electron chi connectivity index (χ4n) is 3.31. The molecular formula is C21H25N3O3. The first-order valence-electron chi connectivity index (χ1n) is 9.18. The van der Waals surface area contributed by atoms with E-state index < -0.39 is 0 Å². The van der Waals surface area contributed by atoms with Gasteiger partial charge in [0, 0.05) is 42.9 Å². The number of methoxy groups -OCH3 is 1. The predicted octanol–water partition coefficient (Wildman–Crippen LogP) is 2.83. The van der Waals surface area contributed by atoms with Gasteiger partial charge in [0.25, 0.3) is 5.91 Å². The number of carbonyl (C=O) groups is 2. The molecule has 0 aromatic heterocycles. The summed E-state index contributed by atoms with van der Waals surface area (Å²) in [4.78, 5) is 26.7. The molecular weight excluding hydrogens is 342 g/mol. The van der Waals surface area contributed by atoms with E-state index in [1.165, 1.54) is 0 Å². The van der Waals surface area contributed by atoms with Crippen LogP contribution in [0, 0.1) is 0 Å². The molecule has 2 N–H and O–H groups in total. The molecule has 2 aromatic carbocycles. The molecule has 0 saturated carbocycles. The molecule has 1 atom stereocenters. The predicted molar refractivity (Wildman–Crippen MR) is 105 cm³/mol. The van der Waals surface area contributed by atoms with Crippen molar-refractivity contribution in [2.24, 2.45) is 0 Å². The summed E-state index contributed by atoms with van der Waals surface area (Å²) in [6.45, 7) is 3.80. The van der Waals surface area contributed by atoms with Crippen LogP contribution >= 0.6 is 0 Å². The van der Waals surface area contributed by atoms with Crippen LogP contribution in [0.2, 0.25) is 0 Å². The Hall–Kier alpha value is -2.86. The summed E-state index contributed by atoms with van der Waals surface area (Å²) in [5, 5.41) is 6.17. The number of anilines is 1. The smallest absolute Gasteiger partial charge is 0.254 e. The standard InChI is InChI=1S/C21H25N3O3/c1-3-20(25)23-16-8-6-7-15(13-16)21(26)24-12-11-22-14-18(24)17-9-4-5-10-19(17)27-2/h4-10,13,18,22H,3,11-12,14H2,1-2H3,(H,23,25). The molecule has 1 unspecified atom stereocenters. The van der Waals surface area contributed by atoms with E-state index in [1.807, 2.05) is 29.2 Å². The van der Waals surface area contributed by atoms with Crippen molar-refractivity contribution in [3.63, 3.8) is 0 Å². The maximum absolute atomic E-state index is 13.2. The number of benzene rings is 2. The highest BCUT2D eigenvalue weighted by Crippen LogP contribution is 2.31. The summed E-state index contributed by atoms with van der Waals surface area (Å²) >= 11 is 0. The average molecular weight is 367 g/mol. The third-order valence-electron chi connectivity index (χ3n) is 4.72. The van der Waals surface area contributed by atoms with Gasteiger partial charge in [0.2, 0.25) is 5.91 Å². The quantitative estimate of drug-likeness (QED) is 0.853. The average Bonchev–Trinajstić information content (AvgIpc) is 2.73. The summed E-state index contributed by atoms with van der Waals surface area (Å²) in [5.41, 5.74) is 2.18. The number of amides is 2. The Labute approximate surface area is 159 Å². The second-order valence-corrected chi connectivity index (χ2v) is 6.44. The van der Waals surface area contributed by atoms with Crippen LogP contribution in [0.4, 0.5) is 5.69 Å². The van der Waals surface area contributed by atoms with E-state index in [1.54, 1.807) is 38.3 Å². The second kappa shape index (κ2) is 8.68. The minimum atomic E-state index is -0.115. The van der Waals surface area contributed by atoms with Crippen LogP contribution < -0.4 is 15.4 Å². The number of para-hydroxylation sites is 1. The van der Waals surface area contributed by atoms with E-state index in [0.717, 1.165) is 17.9 Å². The molecule has 1 aliphatic heterocycles. The van der Waals surface area contributed by atoms with Gasteiger partial charge in [-0.2, -0.15) is 0 Å². The molecule has 6 nitrogen and oxygen atoms in total. The van der Waals surface area contributed by atoms with Gasteiger partial charge in [-0.05, 0) is 24.3 Å². The zero-order chi connectivity index (χ0) is 19.2. The summed E-state index contributed by atoms with van der Waals surface area (Å²) < 4.78 is 5.49. The van der Waals surface area contributed by atoms with E-state index in [9.17, 15) is 9.59 Å². The molecule has 3 rings (SSSR count). The number of piperazine rings is 1. The first kappa shape index (κ1) is 18.9. The second-order valence-electron chi connectivity index (χ2n) is 6.44. The molecule has 1 aliphatic rings. The van der Waals surface area contributed by atoms with Crippen molar-refractivity contribution in [1.82, 2.24) is 10.2 Å². The van der Waals surface area contributed by atoms with Gasteiger partial charge < -0.3 is 20.3 Å². The van der Waals surface area contributed by atoms with Crippen LogP contribution in [0.15, 0.2) is 48.5 Å². The van der Waals surface area contributed by atoms with Crippen LogP contribution in [0.1, 0.15) is 35.3 Å². The zero-order valence-electron chi connectivity index (χ0n) is 15.7. The number of hydrogen-bond acceptors (Lipinski definition) is 4. The van der Waals surface area contributed by atoms with Gasteiger partial charge in [-0.3, -0.25) is 9.59 Å². The fraction of sp³-hybridized carbons (Fsp3) is 0.333. The molecule has 2 aromatic rings. The molecule has 142 valence electrons. The number of rotatable bonds is 5. The summed E-state index contributed by atoms with van der Waals surface area (Å²) in [5.74, 6) is 0.640. The van der Waals surface area contributed by atoms with Gasteiger partial charge in [-0.15, -0.1) is 0 Å². The van der Waals surface area contributed by atoms with Crippen molar-refractivity contribution < 1.29 is 14.3 Å². The van der Waals surface area contributed by atoms with Crippen molar-refractivity contribution in [3.8, 4) is 5.75 Å². The minimum Gasteiger partial charge on any atom is -0.496 e. The summed E-state index contributed by atoms with van der Waals surface area (Å²) in [6, 6.07) is 14.8. The summed E-state index contributed by atoms with van der Waals surface area (Å²) in [6.07, 6.45) is 0.395. The fourth-order valence-corrected chi connectivity index (χ4v) is 3.31. The largest absolute Gasteiger partial charge is 0.496 e. The molecule has 0 spiro atoms. The highest BCUT2D eigenvalue weighted by Gasteiger charge is 2.30. The maximum atomic E-state index is 13.2. The Morgan fingerprint density at radius 3 is 2.81 bits per heavy atom. The highest BCUT2D eigenvalue weighted by molar-refractivity contribution is 5.97. The zero-order valence-corrected chi connectivity index (χ0v) is 15.7. The van der Waals surface area contributed by atoms with E-state index in [2.05, 4.69) is 10.6 Å². The van der Waals surface area contributed by atoms with Gasteiger partial charge in [-0.1, -0.05) is 31.2 Å². The first-order valence-corrected chi connectivity index (χ1v) is 9.18. The number of hydrogen-bond donors (Lipinski definition) is 2. The Kier molecular flexibility index (Phi) is 6.08. The highest BCUT2D eigenvalue weighted by atomic mass is 16.5. The van der Waals surface area contributed by atoms with E-state index in [-0.39, 0.29) is 17.9 Å². The maximum Gasteiger partial charge on any atom is 0.254 e. The van der Waals surface area contributed by atoms with Crippen LogP contribution in [-0.2, 0) is 4.79 Å². The van der Waals surface area contributed by atoms with Crippen molar-refractivity contribution in [2.75, 3.05) is 32.1 Å². The van der Waals surface area contributed by atoms with E-state index >= 15 is 0 Å². The molecule has 2 amide bonds. The lowest BCUT2D eigenvalue weighted by Crippen LogP contribution is -2.48. The Balaban J connectivity index is 1.88. The Morgan fingerprint density at radius 2 is 2.04 bits per heavy atom. The normalized spacial score (nSPS) is 16.7. The van der Waals surface area contributed by atoms with E-state index in [4.69, 9.17) is 4.74 Å². The van der Waals surface area contributed by atoms with Crippen molar-refractivity contribution in [1.29, 1.82) is 0 Å². The topological polar surface area (TPSA) is 70.7 Å². The lowest BCUT2D eigenvalue weighted by Gasteiger charge is -2.37. The molecule has 0 aliphatic carbocycles. The van der Waals surface area contributed by atoms with Crippen molar-refractivity contribution >= 4 is 17.5 Å². The molecule has 27 heavy (non-hydrogen) atoms. The Morgan fingerprint density at radius 1 is 1.22 bits per heavy atom. The number of nitrogens with one attached hydrogen (secondary N) is 2. The monoisotopic (exact) mass is 367 g/mol. The molecule has 0 bridgehead atoms. The first-order chi connectivity index (χ1) is 13.1. The number of ether oxygens (including phenoxy) is 1. The van der Waals surface area contributed by atoms with Gasteiger partial charge in [0.05, 0.1) is 13.2 Å². The van der Waals surface area contributed by atoms with Crippen LogP contribution in [-0.4, -0.2) is 43.5 Å². The number of carbonyl (C=O) groups excluding carboxylic acids is 2. The third-order valence-corrected chi connectivity index (χ3v) is 4.72. The summed E-state index contributed by atoms with van der Waals surface area (Å²) in [7, 11) is 1.64. The molecule has 0 radical (unpaired) electrons. The van der Waals surface area contributed by atoms with Crippen molar-refractivity contribution in [2.45, 2.75) is 19.4 Å². The molecule has 1 saturated heterocycles. The lowest BCUT2D eigenvalue weighted by molar-refractivity contribution is -0.115. The third kappa shape index (κ3) is 4.28. The van der Waals surface area contributed by atoms with Crippen LogP contribution in [0.5, 0.6) is 5.75 Å². The van der Waals surface area contributed by atoms with Gasteiger partial charge in [0.15, 0.2) is 0 Å². The van der Waals surface area contributed by atoms with Gasteiger partial charge in [0.1, 0.15) is 5.75 Å². The van der Waals surface area contributed by atoms with Crippen molar-refractivity contribution in [3.05, 3.63) is 59.7 Å². The molecule has 1 heterocycles.